The summed E-state index contributed by atoms with van der Waals surface area (Å²) in [5.74, 6) is 0. The predicted octanol–water partition coefficient (Wildman–Crippen LogP) is 1.27. The molecule has 2 N–H and O–H groups in total. The fourth-order valence-corrected chi connectivity index (χ4v) is 2.55. The first-order chi connectivity index (χ1) is 6.32. The third-order valence-electron chi connectivity index (χ3n) is 1.33. The molecule has 0 radical (unpaired) electrons. The van der Waals surface area contributed by atoms with Gasteiger partial charge in [0, 0.05) is 0 Å². The molecule has 0 atom stereocenters. The van der Waals surface area contributed by atoms with E-state index in [9.17, 15) is 17.2 Å². The summed E-state index contributed by atoms with van der Waals surface area (Å²) >= 11 is 1.66. The molecule has 4 nitrogen and oxygen atoms in total. The van der Waals surface area contributed by atoms with Crippen LogP contribution in [0.3, 0.4) is 0 Å². The van der Waals surface area contributed by atoms with Crippen molar-refractivity contribution in [1.29, 1.82) is 0 Å². The lowest BCUT2D eigenvalue weighted by atomic mass is 10.4. The highest BCUT2D eigenvalue weighted by Gasteiger charge is 2.18. The van der Waals surface area contributed by atoms with Crippen LogP contribution in [0.1, 0.15) is 12.1 Å². The molecule has 0 spiro atoms. The molecule has 0 saturated carbocycles. The van der Waals surface area contributed by atoms with Gasteiger partial charge in [0.05, 0.1) is 3.57 Å². The monoisotopic (exact) mass is 334 g/mol. The van der Waals surface area contributed by atoms with E-state index >= 15 is 0 Å². The molecule has 1 aromatic rings. The summed E-state index contributed by atoms with van der Waals surface area (Å²) in [6.45, 7) is 0. The molecule has 0 aliphatic rings. The standard InChI is InChI=1S/C6H5F2IN2O2S/c7-5(8)4-2-1-3(9)6(11-4)14(10,12)13/h1-2,5H,(H2,10,12,13). The summed E-state index contributed by atoms with van der Waals surface area (Å²) in [5, 5.41) is 4.27. The molecule has 0 bridgehead atoms. The van der Waals surface area contributed by atoms with Crippen molar-refractivity contribution < 1.29 is 17.2 Å². The van der Waals surface area contributed by atoms with E-state index in [1.54, 1.807) is 22.6 Å². The van der Waals surface area contributed by atoms with Crippen LogP contribution >= 0.6 is 22.6 Å². The van der Waals surface area contributed by atoms with Gasteiger partial charge in [-0.3, -0.25) is 0 Å². The van der Waals surface area contributed by atoms with Crippen LogP contribution < -0.4 is 5.14 Å². The fraction of sp³-hybridized carbons (Fsp3) is 0.167. The van der Waals surface area contributed by atoms with Crippen LogP contribution in [-0.2, 0) is 10.0 Å². The van der Waals surface area contributed by atoms with Crippen LogP contribution in [0, 0.1) is 3.57 Å². The molecule has 8 heteroatoms. The zero-order valence-electron chi connectivity index (χ0n) is 6.62. The smallest absolute Gasteiger partial charge is 0.233 e. The van der Waals surface area contributed by atoms with E-state index < -0.39 is 27.2 Å². The first-order valence-electron chi connectivity index (χ1n) is 3.30. The average molecular weight is 334 g/mol. The van der Waals surface area contributed by atoms with E-state index in [2.05, 4.69) is 4.98 Å². The second-order valence-electron chi connectivity index (χ2n) is 2.37. The molecule has 14 heavy (non-hydrogen) atoms. The zero-order chi connectivity index (χ0) is 10.9. The minimum absolute atomic E-state index is 0.217. The Morgan fingerprint density at radius 1 is 1.43 bits per heavy atom. The molecule has 0 aromatic carbocycles. The van der Waals surface area contributed by atoms with Gasteiger partial charge in [-0.15, -0.1) is 0 Å². The van der Waals surface area contributed by atoms with Crippen molar-refractivity contribution in [3.8, 4) is 0 Å². The highest BCUT2D eigenvalue weighted by atomic mass is 127. The van der Waals surface area contributed by atoms with Gasteiger partial charge in [0.2, 0.25) is 0 Å². The minimum Gasteiger partial charge on any atom is -0.233 e. The molecule has 0 amide bonds. The predicted molar refractivity (Wildman–Crippen MR) is 53.3 cm³/mol. The molecule has 0 aliphatic carbocycles. The van der Waals surface area contributed by atoms with E-state index in [0.717, 1.165) is 6.07 Å². The van der Waals surface area contributed by atoms with Gasteiger partial charge < -0.3 is 0 Å². The van der Waals surface area contributed by atoms with Gasteiger partial charge in [-0.05, 0) is 34.7 Å². The fourth-order valence-electron chi connectivity index (χ4n) is 0.759. The van der Waals surface area contributed by atoms with Crippen molar-refractivity contribution >= 4 is 32.6 Å². The Bertz CT molecular complexity index is 449. The van der Waals surface area contributed by atoms with Crippen LogP contribution in [0.5, 0.6) is 0 Å². The normalized spacial score (nSPS) is 12.1. The van der Waals surface area contributed by atoms with Crippen LogP contribution in [0.4, 0.5) is 8.78 Å². The van der Waals surface area contributed by atoms with E-state index in [1.165, 1.54) is 6.07 Å². The highest BCUT2D eigenvalue weighted by Crippen LogP contribution is 2.21. The lowest BCUT2D eigenvalue weighted by molar-refractivity contribution is 0.145. The summed E-state index contributed by atoms with van der Waals surface area (Å²) in [5.41, 5.74) is -0.602. The van der Waals surface area contributed by atoms with Gasteiger partial charge in [-0.2, -0.15) is 0 Å². The Kier molecular flexibility index (Phi) is 3.37. The molecule has 0 unspecified atom stereocenters. The number of sulfonamides is 1. The molecule has 0 fully saturated rings. The number of nitrogens with zero attached hydrogens (tertiary/aromatic N) is 1. The Hall–Kier alpha value is -0.350. The van der Waals surface area contributed by atoms with Crippen molar-refractivity contribution in [1.82, 2.24) is 4.98 Å². The number of aromatic nitrogens is 1. The van der Waals surface area contributed by atoms with Crippen LogP contribution in [0.2, 0.25) is 0 Å². The molecule has 0 saturated heterocycles. The molecule has 78 valence electrons. The molecule has 1 aromatic heterocycles. The third kappa shape index (κ3) is 2.58. The first-order valence-corrected chi connectivity index (χ1v) is 5.92. The summed E-state index contributed by atoms with van der Waals surface area (Å²) in [4.78, 5) is 3.27. The Labute approximate surface area is 92.7 Å². The van der Waals surface area contributed by atoms with Gasteiger partial charge in [0.1, 0.15) is 5.69 Å². The maximum absolute atomic E-state index is 12.2. The third-order valence-corrected chi connectivity index (χ3v) is 3.42. The number of halogens is 3. The van der Waals surface area contributed by atoms with Crippen molar-refractivity contribution in [3.05, 3.63) is 21.4 Å². The van der Waals surface area contributed by atoms with Crippen LogP contribution in [-0.4, -0.2) is 13.4 Å². The largest absolute Gasteiger partial charge is 0.280 e. The molecular formula is C6H5F2IN2O2S. The van der Waals surface area contributed by atoms with Crippen molar-refractivity contribution in [2.45, 2.75) is 11.5 Å². The average Bonchev–Trinajstić information content (AvgIpc) is 2.02. The SMILES string of the molecule is NS(=O)(=O)c1nc(C(F)F)ccc1I. The number of alkyl halides is 2. The number of nitrogens with two attached hydrogens (primary N) is 1. The van der Waals surface area contributed by atoms with Gasteiger partial charge in [0.15, 0.2) is 5.03 Å². The molecular weight excluding hydrogens is 329 g/mol. The van der Waals surface area contributed by atoms with Gasteiger partial charge in [-0.1, -0.05) is 0 Å². The topological polar surface area (TPSA) is 73.1 Å². The number of hydrogen-bond donors (Lipinski definition) is 1. The number of rotatable bonds is 2. The summed E-state index contributed by atoms with van der Waals surface area (Å²) in [7, 11) is -4.04. The maximum atomic E-state index is 12.2. The van der Waals surface area contributed by atoms with E-state index in [4.69, 9.17) is 5.14 Å². The summed E-state index contributed by atoms with van der Waals surface area (Å²) in [6.07, 6.45) is -2.81. The van der Waals surface area contributed by atoms with Gasteiger partial charge in [0.25, 0.3) is 16.4 Å². The van der Waals surface area contributed by atoms with Crippen molar-refractivity contribution in [2.24, 2.45) is 5.14 Å². The van der Waals surface area contributed by atoms with Gasteiger partial charge >= 0.3 is 0 Å². The summed E-state index contributed by atoms with van der Waals surface area (Å²) < 4.78 is 46.3. The van der Waals surface area contributed by atoms with Crippen LogP contribution in [0.15, 0.2) is 17.2 Å². The van der Waals surface area contributed by atoms with E-state index in [1.807, 2.05) is 0 Å². The molecule has 0 aliphatic heterocycles. The Morgan fingerprint density at radius 2 is 2.00 bits per heavy atom. The maximum Gasteiger partial charge on any atom is 0.280 e. The molecule has 1 rings (SSSR count). The van der Waals surface area contributed by atoms with Crippen LogP contribution in [0.25, 0.3) is 0 Å². The second-order valence-corrected chi connectivity index (χ2v) is 5.01. The zero-order valence-corrected chi connectivity index (χ0v) is 9.59. The van der Waals surface area contributed by atoms with E-state index in [-0.39, 0.29) is 3.57 Å². The van der Waals surface area contributed by atoms with Crippen molar-refractivity contribution in [3.63, 3.8) is 0 Å². The Morgan fingerprint density at radius 3 is 2.43 bits per heavy atom. The lowest BCUT2D eigenvalue weighted by Gasteiger charge is -2.03. The number of primary sulfonamides is 1. The molecule has 1 heterocycles. The highest BCUT2D eigenvalue weighted by molar-refractivity contribution is 14.1. The minimum atomic E-state index is -4.04. The van der Waals surface area contributed by atoms with Gasteiger partial charge in [-0.25, -0.2) is 27.3 Å². The summed E-state index contributed by atoms with van der Waals surface area (Å²) in [6, 6.07) is 2.29. The van der Waals surface area contributed by atoms with E-state index in [0.29, 0.717) is 0 Å². The van der Waals surface area contributed by atoms with Crippen molar-refractivity contribution in [2.75, 3.05) is 0 Å². The number of pyridine rings is 1. The number of hydrogen-bond acceptors (Lipinski definition) is 3. The second kappa shape index (κ2) is 4.03. The first kappa shape index (κ1) is 11.7. The lowest BCUT2D eigenvalue weighted by Crippen LogP contribution is -2.16. The quantitative estimate of drug-likeness (QED) is 0.828. The Balaban J connectivity index is 3.37.